The molecule has 4 rings (SSSR count). The van der Waals surface area contributed by atoms with E-state index in [1.54, 1.807) is 0 Å². The standard InChI is InChI=1S/C19H23N3O2S.2C2HF3O2/c23-18(17-4-2-12-25-17)22-10-11-24-19(15-22)5-8-21(9-6-19)14-16-3-1-7-20-13-16;2*3-2(4,5)1(6)7/h1-4,7,12-13H,5-6,8-11,14-15H2;2*(H,6,7). The number of carbonyl (C=O) groups is 3. The molecule has 0 bridgehead atoms. The van der Waals surface area contributed by atoms with Crippen molar-refractivity contribution in [2.24, 2.45) is 0 Å². The molecule has 216 valence electrons. The lowest BCUT2D eigenvalue weighted by Crippen LogP contribution is -2.57. The first-order valence-electron chi connectivity index (χ1n) is 11.3. The number of nitrogens with zero attached hydrogens (tertiary/aromatic N) is 3. The van der Waals surface area contributed by atoms with E-state index in [-0.39, 0.29) is 11.5 Å². The average molecular weight is 586 g/mol. The van der Waals surface area contributed by atoms with Crippen LogP contribution in [0.5, 0.6) is 0 Å². The number of amides is 1. The number of ether oxygens (including phenoxy) is 1. The van der Waals surface area contributed by atoms with Crippen LogP contribution in [0.4, 0.5) is 26.3 Å². The van der Waals surface area contributed by atoms with Gasteiger partial charge in [-0.1, -0.05) is 12.1 Å². The summed E-state index contributed by atoms with van der Waals surface area (Å²) < 4.78 is 69.6. The minimum atomic E-state index is -5.08. The predicted octanol–water partition coefficient (Wildman–Crippen LogP) is 3.92. The fourth-order valence-corrected chi connectivity index (χ4v) is 4.44. The van der Waals surface area contributed by atoms with Crippen LogP contribution in [0.15, 0.2) is 42.0 Å². The molecule has 1 amide bonds. The summed E-state index contributed by atoms with van der Waals surface area (Å²) in [5.74, 6) is -5.37. The van der Waals surface area contributed by atoms with Gasteiger partial charge in [0.15, 0.2) is 0 Å². The van der Waals surface area contributed by atoms with Gasteiger partial charge in [0.2, 0.25) is 0 Å². The number of alkyl halides is 6. The molecule has 9 nitrogen and oxygen atoms in total. The van der Waals surface area contributed by atoms with Crippen LogP contribution in [0, 0.1) is 0 Å². The van der Waals surface area contributed by atoms with Crippen molar-refractivity contribution in [2.45, 2.75) is 37.3 Å². The highest BCUT2D eigenvalue weighted by atomic mass is 32.1. The molecular weight excluding hydrogens is 560 g/mol. The molecule has 0 aromatic carbocycles. The van der Waals surface area contributed by atoms with Crippen molar-refractivity contribution < 1.29 is 55.7 Å². The third kappa shape index (κ3) is 10.4. The molecule has 2 N–H and O–H groups in total. The Kier molecular flexibility index (Phi) is 11.2. The van der Waals surface area contributed by atoms with Crippen LogP contribution in [0.25, 0.3) is 0 Å². The Hall–Kier alpha value is -3.24. The van der Waals surface area contributed by atoms with Gasteiger partial charge in [-0.05, 0) is 35.9 Å². The number of hydrogen-bond donors (Lipinski definition) is 2. The Morgan fingerprint density at radius 1 is 0.974 bits per heavy atom. The topological polar surface area (TPSA) is 120 Å². The van der Waals surface area contributed by atoms with Crippen LogP contribution in [-0.4, -0.2) is 93.6 Å². The van der Waals surface area contributed by atoms with E-state index in [0.29, 0.717) is 19.7 Å². The summed E-state index contributed by atoms with van der Waals surface area (Å²) in [7, 11) is 0. The van der Waals surface area contributed by atoms with E-state index in [0.717, 1.165) is 37.4 Å². The summed E-state index contributed by atoms with van der Waals surface area (Å²) in [5, 5.41) is 16.2. The van der Waals surface area contributed by atoms with Gasteiger partial charge < -0.3 is 19.8 Å². The third-order valence-electron chi connectivity index (χ3n) is 5.65. The summed E-state index contributed by atoms with van der Waals surface area (Å²) in [6.45, 7) is 4.97. The second-order valence-corrected chi connectivity index (χ2v) is 9.43. The summed E-state index contributed by atoms with van der Waals surface area (Å²) in [6, 6.07) is 7.95. The van der Waals surface area contributed by atoms with Gasteiger partial charge in [0.1, 0.15) is 0 Å². The molecule has 2 aromatic rings. The highest BCUT2D eigenvalue weighted by Crippen LogP contribution is 2.31. The van der Waals surface area contributed by atoms with Gasteiger partial charge >= 0.3 is 24.3 Å². The largest absolute Gasteiger partial charge is 0.490 e. The number of carboxylic acid groups (broad SMARTS) is 2. The monoisotopic (exact) mass is 585 g/mol. The first-order chi connectivity index (χ1) is 18.1. The van der Waals surface area contributed by atoms with Crippen molar-refractivity contribution >= 4 is 29.2 Å². The molecule has 2 fully saturated rings. The first kappa shape index (κ1) is 32.0. The van der Waals surface area contributed by atoms with Crippen molar-refractivity contribution in [1.29, 1.82) is 0 Å². The van der Waals surface area contributed by atoms with E-state index in [1.807, 2.05) is 40.9 Å². The smallest absolute Gasteiger partial charge is 0.475 e. The van der Waals surface area contributed by atoms with Crippen LogP contribution >= 0.6 is 11.3 Å². The second-order valence-electron chi connectivity index (χ2n) is 8.48. The molecule has 1 spiro atoms. The minimum absolute atomic E-state index is 0.149. The Morgan fingerprint density at radius 3 is 2.03 bits per heavy atom. The number of thiophene rings is 1. The van der Waals surface area contributed by atoms with E-state index in [2.05, 4.69) is 16.0 Å². The highest BCUT2D eigenvalue weighted by Gasteiger charge is 2.41. The number of carboxylic acids is 2. The second kappa shape index (κ2) is 13.7. The van der Waals surface area contributed by atoms with Gasteiger partial charge in [-0.2, -0.15) is 26.3 Å². The summed E-state index contributed by atoms with van der Waals surface area (Å²) >= 11 is 1.52. The van der Waals surface area contributed by atoms with Crippen LogP contribution in [0.2, 0.25) is 0 Å². The minimum Gasteiger partial charge on any atom is -0.475 e. The fourth-order valence-electron chi connectivity index (χ4n) is 3.75. The Labute approximate surface area is 222 Å². The third-order valence-corrected chi connectivity index (χ3v) is 6.51. The zero-order chi connectivity index (χ0) is 29.3. The van der Waals surface area contributed by atoms with Gasteiger partial charge in [-0.25, -0.2) is 9.59 Å². The summed E-state index contributed by atoms with van der Waals surface area (Å²) in [4.78, 5) is 39.9. The molecule has 2 aliphatic heterocycles. The number of aromatic nitrogens is 1. The lowest BCUT2D eigenvalue weighted by Gasteiger charge is -2.47. The van der Waals surface area contributed by atoms with E-state index < -0.39 is 24.3 Å². The van der Waals surface area contributed by atoms with Gasteiger partial charge in [0, 0.05) is 38.6 Å². The highest BCUT2D eigenvalue weighted by molar-refractivity contribution is 7.12. The van der Waals surface area contributed by atoms with Gasteiger partial charge in [-0.15, -0.1) is 11.3 Å². The number of morpholine rings is 1. The number of likely N-dealkylation sites (tertiary alicyclic amines) is 1. The molecule has 0 atom stereocenters. The quantitative estimate of drug-likeness (QED) is 0.521. The van der Waals surface area contributed by atoms with Gasteiger partial charge in [0.05, 0.1) is 23.6 Å². The fraction of sp³-hybridized carbons (Fsp3) is 0.478. The van der Waals surface area contributed by atoms with Crippen molar-refractivity contribution in [2.75, 3.05) is 32.8 Å². The maximum absolute atomic E-state index is 12.7. The Balaban J connectivity index is 0.000000317. The number of halogens is 6. The molecule has 0 saturated carbocycles. The number of pyridine rings is 1. The molecule has 39 heavy (non-hydrogen) atoms. The number of hydrogen-bond acceptors (Lipinski definition) is 7. The molecule has 2 saturated heterocycles. The predicted molar refractivity (Wildman–Crippen MR) is 125 cm³/mol. The van der Waals surface area contributed by atoms with Crippen molar-refractivity contribution in [1.82, 2.24) is 14.8 Å². The first-order valence-corrected chi connectivity index (χ1v) is 12.2. The van der Waals surface area contributed by atoms with E-state index in [4.69, 9.17) is 24.5 Å². The van der Waals surface area contributed by atoms with Crippen molar-refractivity contribution in [3.63, 3.8) is 0 Å². The van der Waals surface area contributed by atoms with Gasteiger partial charge in [-0.3, -0.25) is 14.7 Å². The number of carbonyl (C=O) groups excluding carboxylic acids is 1. The molecule has 4 heterocycles. The molecule has 2 aromatic heterocycles. The summed E-state index contributed by atoms with van der Waals surface area (Å²) in [6.07, 6.45) is -4.48. The zero-order valence-corrected chi connectivity index (χ0v) is 21.1. The van der Waals surface area contributed by atoms with E-state index in [1.165, 1.54) is 16.9 Å². The number of piperidine rings is 1. The normalized spacial score (nSPS) is 17.3. The Bertz CT molecular complexity index is 1050. The SMILES string of the molecule is O=C(O)C(F)(F)F.O=C(O)C(F)(F)F.O=C(c1cccs1)N1CCOC2(CCN(Cc3cccnc3)CC2)C1. The number of aliphatic carboxylic acids is 2. The maximum Gasteiger partial charge on any atom is 0.490 e. The van der Waals surface area contributed by atoms with Gasteiger partial charge in [0.25, 0.3) is 5.91 Å². The lowest BCUT2D eigenvalue weighted by molar-refractivity contribution is -0.193. The van der Waals surface area contributed by atoms with Crippen LogP contribution in [-0.2, 0) is 20.9 Å². The van der Waals surface area contributed by atoms with E-state index >= 15 is 0 Å². The lowest BCUT2D eigenvalue weighted by atomic mass is 9.89. The van der Waals surface area contributed by atoms with Crippen molar-refractivity contribution in [3.8, 4) is 0 Å². The molecule has 2 aliphatic rings. The Morgan fingerprint density at radius 2 is 1.56 bits per heavy atom. The summed E-state index contributed by atoms with van der Waals surface area (Å²) in [5.41, 5.74) is 1.08. The molecule has 0 unspecified atom stereocenters. The van der Waals surface area contributed by atoms with Crippen LogP contribution in [0.1, 0.15) is 28.1 Å². The van der Waals surface area contributed by atoms with Crippen LogP contribution in [0.3, 0.4) is 0 Å². The van der Waals surface area contributed by atoms with Crippen LogP contribution < -0.4 is 0 Å². The molecular formula is C23H25F6N3O6S. The van der Waals surface area contributed by atoms with Crippen molar-refractivity contribution in [3.05, 3.63) is 52.5 Å². The molecule has 16 heteroatoms. The molecule has 0 radical (unpaired) electrons. The van der Waals surface area contributed by atoms with E-state index in [9.17, 15) is 31.1 Å². The molecule has 0 aliphatic carbocycles. The average Bonchev–Trinajstić information content (AvgIpc) is 3.41. The zero-order valence-electron chi connectivity index (χ0n) is 20.2. The maximum atomic E-state index is 12.7. The number of rotatable bonds is 3.